The number of ether oxygens (including phenoxy) is 2. The van der Waals surface area contributed by atoms with Gasteiger partial charge in [0, 0.05) is 39.3 Å². The summed E-state index contributed by atoms with van der Waals surface area (Å²) in [7, 11) is 3.44. The molecule has 0 saturated carbocycles. The molecule has 156 valence electrons. The molecule has 1 unspecified atom stereocenters. The molecule has 1 atom stereocenters. The molecule has 0 spiro atoms. The number of methoxy groups -OCH3 is 1. The number of para-hydroxylation sites is 2. The van der Waals surface area contributed by atoms with Gasteiger partial charge >= 0.3 is 6.09 Å². The lowest BCUT2D eigenvalue weighted by Crippen LogP contribution is -2.46. The molecule has 1 aromatic carbocycles. The Labute approximate surface area is 167 Å². The Hall–Kier alpha value is -2.64. The molecular weight excluding hydrogens is 358 g/mol. The van der Waals surface area contributed by atoms with Crippen molar-refractivity contribution in [3.05, 3.63) is 24.3 Å². The maximum atomic E-state index is 11.7. The summed E-state index contributed by atoms with van der Waals surface area (Å²) in [5.74, 6) is 1.61. The lowest BCUT2D eigenvalue weighted by molar-refractivity contribution is 0.0529. The minimum Gasteiger partial charge on any atom is -0.495 e. The van der Waals surface area contributed by atoms with E-state index in [4.69, 9.17) is 9.47 Å². The summed E-state index contributed by atoms with van der Waals surface area (Å²) in [5.41, 5.74) is 0.615. The van der Waals surface area contributed by atoms with Gasteiger partial charge in [0.1, 0.15) is 11.4 Å². The van der Waals surface area contributed by atoms with Gasteiger partial charge in [0.2, 0.25) is 0 Å². The SMILES string of the molecule is CN=C(NCCNC(=O)OC(C)(C)C)NC1CCN(c2ccccc2OC)C1. The second-order valence-electron chi connectivity index (χ2n) is 7.68. The molecule has 28 heavy (non-hydrogen) atoms. The molecular formula is C20H33N5O3. The Bertz CT molecular complexity index is 672. The molecule has 1 heterocycles. The van der Waals surface area contributed by atoms with Crippen LogP contribution in [0, 0.1) is 0 Å². The molecule has 0 aromatic heterocycles. The number of benzene rings is 1. The van der Waals surface area contributed by atoms with Crippen molar-refractivity contribution in [2.45, 2.75) is 38.8 Å². The highest BCUT2D eigenvalue weighted by atomic mass is 16.6. The minimum atomic E-state index is -0.495. The number of amides is 1. The maximum Gasteiger partial charge on any atom is 0.407 e. The summed E-state index contributed by atoms with van der Waals surface area (Å²) >= 11 is 0. The number of guanidine groups is 1. The molecule has 8 nitrogen and oxygen atoms in total. The molecule has 1 saturated heterocycles. The molecule has 0 radical (unpaired) electrons. The second-order valence-corrected chi connectivity index (χ2v) is 7.68. The van der Waals surface area contributed by atoms with E-state index in [1.807, 2.05) is 39.0 Å². The van der Waals surface area contributed by atoms with E-state index in [9.17, 15) is 4.79 Å². The quantitative estimate of drug-likeness (QED) is 0.390. The second kappa shape index (κ2) is 10.1. The van der Waals surface area contributed by atoms with Crippen molar-refractivity contribution in [3.63, 3.8) is 0 Å². The van der Waals surface area contributed by atoms with Crippen molar-refractivity contribution in [2.24, 2.45) is 4.99 Å². The molecule has 2 rings (SSSR count). The van der Waals surface area contributed by atoms with Gasteiger partial charge in [-0.2, -0.15) is 0 Å². The highest BCUT2D eigenvalue weighted by Gasteiger charge is 2.25. The predicted molar refractivity (Wildman–Crippen MR) is 112 cm³/mol. The minimum absolute atomic E-state index is 0.287. The third kappa shape index (κ3) is 6.83. The smallest absolute Gasteiger partial charge is 0.407 e. The van der Waals surface area contributed by atoms with Crippen molar-refractivity contribution in [1.82, 2.24) is 16.0 Å². The van der Waals surface area contributed by atoms with E-state index in [0.717, 1.165) is 36.9 Å². The number of hydrogen-bond donors (Lipinski definition) is 3. The van der Waals surface area contributed by atoms with Crippen LogP contribution in [-0.2, 0) is 4.74 Å². The van der Waals surface area contributed by atoms with Crippen LogP contribution in [0.3, 0.4) is 0 Å². The van der Waals surface area contributed by atoms with E-state index >= 15 is 0 Å². The van der Waals surface area contributed by atoms with Crippen LogP contribution >= 0.6 is 0 Å². The molecule has 1 fully saturated rings. The van der Waals surface area contributed by atoms with Gasteiger partial charge in [0.25, 0.3) is 0 Å². The van der Waals surface area contributed by atoms with E-state index in [1.54, 1.807) is 14.2 Å². The number of aliphatic imine (C=N–C) groups is 1. The Morgan fingerprint density at radius 1 is 1.25 bits per heavy atom. The van der Waals surface area contributed by atoms with Crippen LogP contribution in [0.1, 0.15) is 27.2 Å². The van der Waals surface area contributed by atoms with Crippen LogP contribution in [-0.4, -0.2) is 64.0 Å². The molecule has 1 amide bonds. The zero-order valence-corrected chi connectivity index (χ0v) is 17.5. The van der Waals surface area contributed by atoms with Crippen molar-refractivity contribution in [2.75, 3.05) is 45.2 Å². The van der Waals surface area contributed by atoms with Gasteiger partial charge in [0.15, 0.2) is 5.96 Å². The predicted octanol–water partition coefficient (Wildman–Crippen LogP) is 1.96. The van der Waals surface area contributed by atoms with Crippen LogP contribution < -0.4 is 25.6 Å². The molecule has 1 aliphatic heterocycles. The van der Waals surface area contributed by atoms with Crippen molar-refractivity contribution < 1.29 is 14.3 Å². The third-order valence-electron chi connectivity index (χ3n) is 4.26. The van der Waals surface area contributed by atoms with Crippen LogP contribution in [0.5, 0.6) is 5.75 Å². The summed E-state index contributed by atoms with van der Waals surface area (Å²) in [5, 5.41) is 9.38. The van der Waals surface area contributed by atoms with Crippen LogP contribution in [0.4, 0.5) is 10.5 Å². The first-order valence-electron chi connectivity index (χ1n) is 9.64. The first kappa shape index (κ1) is 21.7. The summed E-state index contributed by atoms with van der Waals surface area (Å²) in [4.78, 5) is 18.2. The first-order chi connectivity index (χ1) is 13.3. The number of anilines is 1. The number of nitrogens with one attached hydrogen (secondary N) is 3. The van der Waals surface area contributed by atoms with E-state index in [1.165, 1.54) is 0 Å². The van der Waals surface area contributed by atoms with Crippen molar-refractivity contribution >= 4 is 17.7 Å². The molecule has 1 aliphatic rings. The van der Waals surface area contributed by atoms with E-state index in [-0.39, 0.29) is 6.04 Å². The van der Waals surface area contributed by atoms with E-state index in [0.29, 0.717) is 13.1 Å². The fraction of sp³-hybridized carbons (Fsp3) is 0.600. The zero-order valence-electron chi connectivity index (χ0n) is 17.5. The van der Waals surface area contributed by atoms with Gasteiger partial charge in [0.05, 0.1) is 12.8 Å². The lowest BCUT2D eigenvalue weighted by atomic mass is 10.2. The molecule has 0 bridgehead atoms. The first-order valence-corrected chi connectivity index (χ1v) is 9.64. The Balaban J connectivity index is 1.74. The number of carbonyl (C=O) groups excluding carboxylic acids is 1. The Morgan fingerprint density at radius 2 is 1.96 bits per heavy atom. The average Bonchev–Trinajstić information content (AvgIpc) is 3.11. The normalized spacial score (nSPS) is 17.2. The largest absolute Gasteiger partial charge is 0.495 e. The highest BCUT2D eigenvalue weighted by Crippen LogP contribution is 2.30. The van der Waals surface area contributed by atoms with Gasteiger partial charge in [-0.25, -0.2) is 4.79 Å². The topological polar surface area (TPSA) is 87.2 Å². The summed E-state index contributed by atoms with van der Waals surface area (Å²) in [6.07, 6.45) is 0.593. The monoisotopic (exact) mass is 391 g/mol. The van der Waals surface area contributed by atoms with Gasteiger partial charge < -0.3 is 30.3 Å². The summed E-state index contributed by atoms with van der Waals surface area (Å²) < 4.78 is 10.7. The third-order valence-corrected chi connectivity index (χ3v) is 4.26. The molecule has 0 aliphatic carbocycles. The van der Waals surface area contributed by atoms with E-state index in [2.05, 4.69) is 31.9 Å². The standard InChI is InChI=1S/C20H33N5O3/c1-20(2,3)28-19(26)23-12-11-22-18(21-4)24-15-10-13-25(14-15)16-8-6-7-9-17(16)27-5/h6-9,15H,10-14H2,1-5H3,(H,23,26)(H2,21,22,24). The van der Waals surface area contributed by atoms with Gasteiger partial charge in [-0.05, 0) is 39.3 Å². The Kier molecular flexibility index (Phi) is 7.78. The fourth-order valence-corrected chi connectivity index (χ4v) is 3.04. The number of carbonyl (C=O) groups is 1. The molecule has 8 heteroatoms. The summed E-state index contributed by atoms with van der Waals surface area (Å²) in [6.45, 7) is 8.35. The highest BCUT2D eigenvalue weighted by molar-refractivity contribution is 5.80. The fourth-order valence-electron chi connectivity index (χ4n) is 3.04. The average molecular weight is 392 g/mol. The van der Waals surface area contributed by atoms with Crippen molar-refractivity contribution in [1.29, 1.82) is 0 Å². The maximum absolute atomic E-state index is 11.7. The van der Waals surface area contributed by atoms with E-state index < -0.39 is 11.7 Å². The molecule has 3 N–H and O–H groups in total. The van der Waals surface area contributed by atoms with Crippen molar-refractivity contribution in [3.8, 4) is 5.75 Å². The lowest BCUT2D eigenvalue weighted by Gasteiger charge is -2.22. The van der Waals surface area contributed by atoms with Crippen LogP contribution in [0.2, 0.25) is 0 Å². The summed E-state index contributed by atoms with van der Waals surface area (Å²) in [6, 6.07) is 8.35. The number of nitrogens with zero attached hydrogens (tertiary/aromatic N) is 2. The van der Waals surface area contributed by atoms with Crippen LogP contribution in [0.25, 0.3) is 0 Å². The van der Waals surface area contributed by atoms with Gasteiger partial charge in [-0.15, -0.1) is 0 Å². The number of hydrogen-bond acceptors (Lipinski definition) is 5. The molecule has 1 aromatic rings. The van der Waals surface area contributed by atoms with Crippen LogP contribution in [0.15, 0.2) is 29.3 Å². The Morgan fingerprint density at radius 3 is 2.64 bits per heavy atom. The van der Waals surface area contributed by atoms with Gasteiger partial charge in [-0.3, -0.25) is 4.99 Å². The number of rotatable bonds is 6. The zero-order chi connectivity index (χ0) is 20.6. The van der Waals surface area contributed by atoms with Gasteiger partial charge in [-0.1, -0.05) is 12.1 Å². The number of alkyl carbamates (subject to hydrolysis) is 1.